The Kier molecular flexibility index (Phi) is 8.21. The minimum absolute atomic E-state index is 0.281. The topological polar surface area (TPSA) is 139 Å². The molecular formula is C29H29N5O4S. The molecule has 0 spiro atoms. The van der Waals surface area contributed by atoms with E-state index in [-0.39, 0.29) is 10.9 Å². The van der Waals surface area contributed by atoms with Crippen molar-refractivity contribution >= 4 is 9.84 Å². The Morgan fingerprint density at radius 3 is 2.56 bits per heavy atom. The van der Waals surface area contributed by atoms with Crippen molar-refractivity contribution in [3.63, 3.8) is 0 Å². The number of aryl methyl sites for hydroxylation is 2. The van der Waals surface area contributed by atoms with E-state index in [9.17, 15) is 23.6 Å². The van der Waals surface area contributed by atoms with Gasteiger partial charge in [0.05, 0.1) is 17.7 Å². The second-order valence-corrected chi connectivity index (χ2v) is 11.0. The molecule has 0 saturated heterocycles. The highest BCUT2D eigenvalue weighted by Gasteiger charge is 2.32. The second-order valence-electron chi connectivity index (χ2n) is 9.20. The highest BCUT2D eigenvalue weighted by molar-refractivity contribution is 7.91. The fraction of sp³-hybridized carbons (Fsp3) is 0.276. The number of nitriles is 1. The summed E-state index contributed by atoms with van der Waals surface area (Å²) in [7, 11) is -4.53. The summed E-state index contributed by atoms with van der Waals surface area (Å²) in [6.07, 6.45) is 7.04. The molecule has 0 radical (unpaired) electrons. The molecule has 4 rings (SSSR count). The van der Waals surface area contributed by atoms with Gasteiger partial charge in [0.1, 0.15) is 5.82 Å². The van der Waals surface area contributed by atoms with Gasteiger partial charge in [-0.2, -0.15) is 10.2 Å². The molecule has 4 aromatic rings. The van der Waals surface area contributed by atoms with Gasteiger partial charge in [-0.3, -0.25) is 14.3 Å². The fourth-order valence-corrected chi connectivity index (χ4v) is 5.86. The summed E-state index contributed by atoms with van der Waals surface area (Å²) in [5.41, 5.74) is 2.64. The Hall–Kier alpha value is -4.36. The first-order chi connectivity index (χ1) is 18.7. The minimum atomic E-state index is -4.53. The smallest absolute Gasteiger partial charge is 0.277 e. The predicted octanol–water partition coefficient (Wildman–Crippen LogP) is 4.76. The number of aromatic hydroxyl groups is 1. The van der Waals surface area contributed by atoms with Crippen LogP contribution < -0.4 is 5.56 Å². The maximum absolute atomic E-state index is 13.9. The van der Waals surface area contributed by atoms with Gasteiger partial charge in [-0.15, -0.1) is 0 Å². The Balaban J connectivity index is 1.88. The van der Waals surface area contributed by atoms with Crippen LogP contribution in [0.3, 0.4) is 0 Å². The molecule has 0 saturated carbocycles. The van der Waals surface area contributed by atoms with Gasteiger partial charge in [-0.25, -0.2) is 13.4 Å². The number of pyridine rings is 2. The summed E-state index contributed by atoms with van der Waals surface area (Å²) in [6, 6.07) is 13.1. The van der Waals surface area contributed by atoms with Gasteiger partial charge < -0.3 is 5.11 Å². The van der Waals surface area contributed by atoms with Crippen LogP contribution in [0.2, 0.25) is 0 Å². The molecule has 0 amide bonds. The van der Waals surface area contributed by atoms with Crippen molar-refractivity contribution in [2.75, 3.05) is 0 Å². The highest BCUT2D eigenvalue weighted by Crippen LogP contribution is 2.29. The first kappa shape index (κ1) is 27.7. The Labute approximate surface area is 227 Å². The van der Waals surface area contributed by atoms with E-state index in [1.165, 1.54) is 16.8 Å². The van der Waals surface area contributed by atoms with Crippen LogP contribution in [0, 0.1) is 18.3 Å². The van der Waals surface area contributed by atoms with Crippen LogP contribution in [-0.4, -0.2) is 33.0 Å². The molecule has 0 aliphatic rings. The molecule has 10 heteroatoms. The average Bonchev–Trinajstić information content (AvgIpc) is 2.94. The van der Waals surface area contributed by atoms with Crippen molar-refractivity contribution in [2.45, 2.75) is 62.4 Å². The molecule has 3 heterocycles. The van der Waals surface area contributed by atoms with Crippen LogP contribution in [0.5, 0.6) is 5.88 Å². The number of sulfone groups is 1. The van der Waals surface area contributed by atoms with Crippen LogP contribution in [0.1, 0.15) is 61.7 Å². The van der Waals surface area contributed by atoms with Crippen molar-refractivity contribution in [1.82, 2.24) is 19.5 Å². The molecule has 1 aromatic carbocycles. The lowest BCUT2D eigenvalue weighted by atomic mass is 10.0. The molecule has 200 valence electrons. The van der Waals surface area contributed by atoms with Gasteiger partial charge in [0.25, 0.3) is 5.56 Å². The number of benzene rings is 1. The fourth-order valence-electron chi connectivity index (χ4n) is 4.60. The number of unbranched alkanes of at least 4 members (excludes halogenated alkanes) is 1. The molecule has 9 nitrogen and oxygen atoms in total. The molecule has 0 fully saturated rings. The van der Waals surface area contributed by atoms with Crippen molar-refractivity contribution in [3.05, 3.63) is 93.9 Å². The van der Waals surface area contributed by atoms with E-state index in [2.05, 4.69) is 21.0 Å². The quantitative estimate of drug-likeness (QED) is 0.319. The summed E-state index contributed by atoms with van der Waals surface area (Å²) in [6.45, 7) is 5.73. The molecule has 0 bridgehead atoms. The average molecular weight is 544 g/mol. The molecule has 1 atom stereocenters. The lowest BCUT2D eigenvalue weighted by molar-refractivity contribution is 0.406. The van der Waals surface area contributed by atoms with Gasteiger partial charge in [-0.05, 0) is 66.8 Å². The zero-order chi connectivity index (χ0) is 28.2. The number of rotatable bonds is 9. The number of nitrogens with zero attached hydrogens (tertiary/aromatic N) is 5. The normalized spacial score (nSPS) is 12.2. The van der Waals surface area contributed by atoms with Crippen molar-refractivity contribution in [1.29, 1.82) is 5.26 Å². The third kappa shape index (κ3) is 5.45. The molecule has 3 aromatic heterocycles. The van der Waals surface area contributed by atoms with Gasteiger partial charge in [0, 0.05) is 30.6 Å². The van der Waals surface area contributed by atoms with Gasteiger partial charge in [0.15, 0.2) is 5.03 Å². The van der Waals surface area contributed by atoms with Crippen LogP contribution in [0.15, 0.2) is 75.8 Å². The third-order valence-corrected chi connectivity index (χ3v) is 8.28. The standard InChI is InChI=1S/C29H29N5O4S/c1-4-6-10-25-33-28(35)27(29(36)34(25)24(5-2)21-9-7-8-20(15-21)16-30)39(37,38)26-12-11-22(18-32-26)23-13-14-31-17-19(23)3/h7-9,11-15,17-18,24,35H,4-6,10H2,1-3H3. The highest BCUT2D eigenvalue weighted by atomic mass is 32.2. The predicted molar refractivity (Wildman–Crippen MR) is 146 cm³/mol. The van der Waals surface area contributed by atoms with Crippen LogP contribution >= 0.6 is 0 Å². The van der Waals surface area contributed by atoms with E-state index in [1.54, 1.807) is 48.8 Å². The van der Waals surface area contributed by atoms with Crippen LogP contribution in [-0.2, 0) is 16.3 Å². The second kappa shape index (κ2) is 11.6. The number of hydrogen-bond donors (Lipinski definition) is 1. The maximum Gasteiger partial charge on any atom is 0.277 e. The van der Waals surface area contributed by atoms with Crippen molar-refractivity contribution in [2.24, 2.45) is 0 Å². The number of hydrogen-bond acceptors (Lipinski definition) is 8. The Morgan fingerprint density at radius 2 is 1.92 bits per heavy atom. The largest absolute Gasteiger partial charge is 0.492 e. The van der Waals surface area contributed by atoms with Gasteiger partial charge in [-0.1, -0.05) is 32.4 Å². The summed E-state index contributed by atoms with van der Waals surface area (Å²) in [5.74, 6) is -0.567. The van der Waals surface area contributed by atoms with Gasteiger partial charge >= 0.3 is 0 Å². The van der Waals surface area contributed by atoms with Gasteiger partial charge in [0.2, 0.25) is 20.6 Å². The summed E-state index contributed by atoms with van der Waals surface area (Å²) < 4.78 is 28.7. The van der Waals surface area contributed by atoms with Crippen molar-refractivity contribution in [3.8, 4) is 23.1 Å². The van der Waals surface area contributed by atoms with E-state index in [0.717, 1.165) is 17.5 Å². The Morgan fingerprint density at radius 1 is 1.13 bits per heavy atom. The maximum atomic E-state index is 13.9. The summed E-state index contributed by atoms with van der Waals surface area (Å²) >= 11 is 0. The van der Waals surface area contributed by atoms with Crippen LogP contribution in [0.4, 0.5) is 0 Å². The monoisotopic (exact) mass is 543 g/mol. The first-order valence-electron chi connectivity index (χ1n) is 12.7. The van der Waals surface area contributed by atoms with Crippen LogP contribution in [0.25, 0.3) is 11.1 Å². The van der Waals surface area contributed by atoms with E-state index in [1.807, 2.05) is 20.8 Å². The molecule has 0 aliphatic heterocycles. The SMILES string of the molecule is CCCCc1nc(O)c(S(=O)(=O)c2ccc(-c3ccncc3C)cn2)c(=O)n1C(CC)c1cccc(C#N)c1. The van der Waals surface area contributed by atoms with E-state index in [0.29, 0.717) is 36.0 Å². The molecular weight excluding hydrogens is 514 g/mol. The van der Waals surface area contributed by atoms with E-state index >= 15 is 0 Å². The molecule has 0 aliphatic carbocycles. The van der Waals surface area contributed by atoms with E-state index < -0.39 is 32.2 Å². The zero-order valence-electron chi connectivity index (χ0n) is 22.0. The lowest BCUT2D eigenvalue weighted by Gasteiger charge is -2.23. The summed E-state index contributed by atoms with van der Waals surface area (Å²) in [4.78, 5) is 25.5. The molecule has 39 heavy (non-hydrogen) atoms. The molecule has 1 unspecified atom stereocenters. The van der Waals surface area contributed by atoms with Crippen molar-refractivity contribution < 1.29 is 13.5 Å². The molecule has 1 N–H and O–H groups in total. The van der Waals surface area contributed by atoms with E-state index in [4.69, 9.17) is 0 Å². The third-order valence-electron chi connectivity index (χ3n) is 6.59. The Bertz CT molecular complexity index is 1710. The first-order valence-corrected chi connectivity index (χ1v) is 14.2. The summed E-state index contributed by atoms with van der Waals surface area (Å²) in [5, 5.41) is 19.8. The number of aromatic nitrogens is 4. The minimum Gasteiger partial charge on any atom is -0.492 e. The lowest BCUT2D eigenvalue weighted by Crippen LogP contribution is -2.33. The zero-order valence-corrected chi connectivity index (χ0v) is 22.8.